The Balaban J connectivity index is 0.000000807. The van der Waals surface area contributed by atoms with E-state index in [1.807, 2.05) is 39.2 Å². The molecule has 0 saturated heterocycles. The number of benzene rings is 1. The fourth-order valence-electron chi connectivity index (χ4n) is 3.96. The lowest BCUT2D eigenvalue weighted by Gasteiger charge is -2.19. The highest BCUT2D eigenvalue weighted by molar-refractivity contribution is 5.78. The van der Waals surface area contributed by atoms with Gasteiger partial charge in [-0.25, -0.2) is 0 Å². The van der Waals surface area contributed by atoms with E-state index in [0.29, 0.717) is 6.54 Å². The maximum absolute atomic E-state index is 5.91. The van der Waals surface area contributed by atoms with Crippen molar-refractivity contribution in [1.82, 2.24) is 9.55 Å². The second-order valence-corrected chi connectivity index (χ2v) is 6.88. The first-order chi connectivity index (χ1) is 15.3. The summed E-state index contributed by atoms with van der Waals surface area (Å²) in [5, 5.41) is 0. The van der Waals surface area contributed by atoms with Crippen molar-refractivity contribution < 1.29 is 0 Å². The van der Waals surface area contributed by atoms with Gasteiger partial charge in [0.25, 0.3) is 0 Å². The van der Waals surface area contributed by atoms with E-state index < -0.39 is 0 Å². The van der Waals surface area contributed by atoms with E-state index in [4.69, 9.17) is 5.73 Å². The molecule has 5 heteroatoms. The van der Waals surface area contributed by atoms with Crippen LogP contribution in [-0.4, -0.2) is 16.1 Å². The van der Waals surface area contributed by atoms with Crippen LogP contribution in [0.5, 0.6) is 0 Å². The van der Waals surface area contributed by atoms with E-state index >= 15 is 0 Å². The van der Waals surface area contributed by atoms with Gasteiger partial charge in [-0.2, -0.15) is 0 Å². The molecule has 3 aromatic rings. The van der Waals surface area contributed by atoms with Crippen molar-refractivity contribution in [2.45, 2.75) is 40.2 Å². The first kappa shape index (κ1) is 24.3. The number of aryl methyl sites for hydroxylation is 1. The molecule has 6 N–H and O–H groups in total. The van der Waals surface area contributed by atoms with E-state index in [1.165, 1.54) is 33.6 Å². The number of pyridine rings is 1. The monoisotopic (exact) mass is 417 g/mol. The highest BCUT2D eigenvalue weighted by Gasteiger charge is 2.22. The minimum Gasteiger partial charge on any atom is -0.340 e. The number of rotatable bonds is 5. The zero-order chi connectivity index (χ0) is 22.6. The molecular weight excluding hydrogens is 382 g/mol. The smallest absolute Gasteiger partial charge is 0.0493 e. The van der Waals surface area contributed by atoms with E-state index in [9.17, 15) is 0 Å². The molecule has 0 radical (unpaired) electrons. The molecule has 2 aromatic heterocycles. The van der Waals surface area contributed by atoms with Gasteiger partial charge in [-0.3, -0.25) is 16.7 Å². The molecule has 31 heavy (non-hydrogen) atoms. The standard InChI is InChI=1S/C24H25N3.C2H6.H4N2/c1-2-5-18(17-25)12-15-27-23-9-8-19-6-3-4-7-21(19)22(23)16-24(27)20-10-13-26-14-11-20;2*1-2/h2-7,10-14,16H,8-9,15,17,25H2,1H3;1-2H3;1-2H2/b5-2-,18-12+;;. The van der Waals surface area contributed by atoms with Gasteiger partial charge in [0.1, 0.15) is 0 Å². The van der Waals surface area contributed by atoms with Crippen molar-refractivity contribution in [3.8, 4) is 22.4 Å². The molecule has 5 nitrogen and oxygen atoms in total. The number of hydrogen-bond acceptors (Lipinski definition) is 4. The molecule has 2 heterocycles. The summed E-state index contributed by atoms with van der Waals surface area (Å²) in [6.07, 6.45) is 12.3. The van der Waals surface area contributed by atoms with Crippen LogP contribution in [0.2, 0.25) is 0 Å². The molecule has 0 bridgehead atoms. The summed E-state index contributed by atoms with van der Waals surface area (Å²) in [7, 11) is 0. The van der Waals surface area contributed by atoms with Gasteiger partial charge in [-0.1, -0.05) is 56.3 Å². The predicted molar refractivity (Wildman–Crippen MR) is 132 cm³/mol. The summed E-state index contributed by atoms with van der Waals surface area (Å²) in [6.45, 7) is 7.41. The molecule has 0 fully saturated rings. The molecular formula is C26H35N5. The fourth-order valence-corrected chi connectivity index (χ4v) is 3.96. The quantitative estimate of drug-likeness (QED) is 0.320. The zero-order valence-corrected chi connectivity index (χ0v) is 18.9. The van der Waals surface area contributed by atoms with Gasteiger partial charge in [0, 0.05) is 48.0 Å². The largest absolute Gasteiger partial charge is 0.340 e. The van der Waals surface area contributed by atoms with Crippen LogP contribution in [-0.2, 0) is 19.4 Å². The van der Waals surface area contributed by atoms with E-state index in [-0.39, 0.29) is 0 Å². The highest BCUT2D eigenvalue weighted by Crippen LogP contribution is 2.38. The summed E-state index contributed by atoms with van der Waals surface area (Å²) < 4.78 is 2.44. The van der Waals surface area contributed by atoms with Crippen LogP contribution in [0.4, 0.5) is 0 Å². The van der Waals surface area contributed by atoms with Gasteiger partial charge >= 0.3 is 0 Å². The number of allylic oxidation sites excluding steroid dienone is 2. The maximum Gasteiger partial charge on any atom is 0.0493 e. The molecule has 0 aliphatic heterocycles. The van der Waals surface area contributed by atoms with Crippen LogP contribution in [0.1, 0.15) is 32.0 Å². The van der Waals surface area contributed by atoms with Gasteiger partial charge in [0.15, 0.2) is 0 Å². The van der Waals surface area contributed by atoms with Crippen LogP contribution >= 0.6 is 0 Å². The summed E-state index contributed by atoms with van der Waals surface area (Å²) in [6, 6.07) is 15.3. The number of nitrogens with two attached hydrogens (primary N) is 3. The lowest BCUT2D eigenvalue weighted by Crippen LogP contribution is -2.10. The van der Waals surface area contributed by atoms with Gasteiger partial charge < -0.3 is 10.3 Å². The molecule has 1 aromatic carbocycles. The molecule has 164 valence electrons. The maximum atomic E-state index is 5.91. The van der Waals surface area contributed by atoms with Crippen molar-refractivity contribution in [3.05, 3.63) is 89.9 Å². The van der Waals surface area contributed by atoms with Crippen LogP contribution in [0.25, 0.3) is 22.4 Å². The van der Waals surface area contributed by atoms with Gasteiger partial charge in [0.2, 0.25) is 0 Å². The lowest BCUT2D eigenvalue weighted by atomic mass is 9.90. The first-order valence-corrected chi connectivity index (χ1v) is 10.9. The Kier molecular flexibility index (Phi) is 9.91. The van der Waals surface area contributed by atoms with E-state index in [2.05, 4.69) is 75.9 Å². The van der Waals surface area contributed by atoms with Gasteiger partial charge in [-0.15, -0.1) is 0 Å². The Hall–Kier alpha value is -2.99. The Morgan fingerprint density at radius 2 is 1.74 bits per heavy atom. The number of hydrazine groups is 1. The molecule has 0 amide bonds. The molecule has 0 unspecified atom stereocenters. The SMILES string of the molecule is C/C=C\C(=C/Cn1c(-c2ccncc2)cc2c1CCc1ccccc1-2)CN.CC.NN. The normalized spacial score (nSPS) is 12.3. The number of fused-ring (bicyclic) bond motifs is 3. The third-order valence-electron chi connectivity index (χ3n) is 5.28. The minimum absolute atomic E-state index is 0.557. The third-order valence-corrected chi connectivity index (χ3v) is 5.28. The van der Waals surface area contributed by atoms with Crippen LogP contribution in [0.15, 0.2) is 78.7 Å². The van der Waals surface area contributed by atoms with Crippen molar-refractivity contribution in [2.75, 3.05) is 6.54 Å². The average molecular weight is 418 g/mol. The molecule has 0 spiro atoms. The molecule has 0 atom stereocenters. The Bertz CT molecular complexity index is 1000. The lowest BCUT2D eigenvalue weighted by molar-refractivity contribution is 0.745. The van der Waals surface area contributed by atoms with Crippen LogP contribution < -0.4 is 17.4 Å². The van der Waals surface area contributed by atoms with Crippen molar-refractivity contribution in [1.29, 1.82) is 0 Å². The Morgan fingerprint density at radius 3 is 2.42 bits per heavy atom. The molecule has 4 rings (SSSR count). The average Bonchev–Trinajstić information content (AvgIpc) is 3.24. The third kappa shape index (κ3) is 5.58. The van der Waals surface area contributed by atoms with Crippen molar-refractivity contribution in [3.63, 3.8) is 0 Å². The number of hydrogen-bond donors (Lipinski definition) is 3. The minimum atomic E-state index is 0.557. The second-order valence-electron chi connectivity index (χ2n) is 6.88. The molecule has 1 aliphatic carbocycles. The fraction of sp³-hybridized carbons (Fsp3) is 0.269. The predicted octanol–water partition coefficient (Wildman–Crippen LogP) is 4.62. The Labute approximate surface area is 186 Å². The second kappa shape index (κ2) is 12.6. The van der Waals surface area contributed by atoms with Crippen LogP contribution in [0.3, 0.4) is 0 Å². The van der Waals surface area contributed by atoms with Gasteiger partial charge in [0.05, 0.1) is 0 Å². The Morgan fingerprint density at radius 1 is 1.03 bits per heavy atom. The zero-order valence-electron chi connectivity index (χ0n) is 18.9. The summed E-state index contributed by atoms with van der Waals surface area (Å²) in [4.78, 5) is 4.18. The molecule has 0 saturated carbocycles. The van der Waals surface area contributed by atoms with Crippen LogP contribution in [0, 0.1) is 0 Å². The summed E-state index contributed by atoms with van der Waals surface area (Å²) in [5.74, 6) is 8.00. The van der Waals surface area contributed by atoms with E-state index in [0.717, 1.165) is 25.0 Å². The molecule has 1 aliphatic rings. The van der Waals surface area contributed by atoms with E-state index in [1.54, 1.807) is 0 Å². The highest BCUT2D eigenvalue weighted by atomic mass is 15.0. The van der Waals surface area contributed by atoms with Crippen molar-refractivity contribution in [2.24, 2.45) is 17.4 Å². The first-order valence-electron chi connectivity index (χ1n) is 10.9. The number of nitrogens with zero attached hydrogens (tertiary/aromatic N) is 2. The summed E-state index contributed by atoms with van der Waals surface area (Å²) in [5.41, 5.74) is 15.1. The summed E-state index contributed by atoms with van der Waals surface area (Å²) >= 11 is 0. The number of aromatic nitrogens is 2. The van der Waals surface area contributed by atoms with Gasteiger partial charge in [-0.05, 0) is 54.7 Å². The topological polar surface area (TPSA) is 95.9 Å². The van der Waals surface area contributed by atoms with Crippen molar-refractivity contribution >= 4 is 0 Å².